The molecule has 1 N–H and O–H groups in total. The van der Waals surface area contributed by atoms with Crippen molar-refractivity contribution in [2.24, 2.45) is 5.92 Å². The summed E-state index contributed by atoms with van der Waals surface area (Å²) in [6, 6.07) is 0. The van der Waals surface area contributed by atoms with Gasteiger partial charge >= 0.3 is 0 Å². The second-order valence-corrected chi connectivity index (χ2v) is 3.70. The minimum Gasteiger partial charge on any atom is -0.361 e. The molecule has 0 aliphatic carbocycles. The van der Waals surface area contributed by atoms with Crippen molar-refractivity contribution in [3.05, 3.63) is 22.3 Å². The second-order valence-electron chi connectivity index (χ2n) is 3.70. The highest BCUT2D eigenvalue weighted by Crippen LogP contribution is 2.03. The average molecular weight is 163 g/mol. The molecule has 1 rings (SSSR count). The van der Waals surface area contributed by atoms with Gasteiger partial charge in [0.2, 0.25) is 0 Å². The summed E-state index contributed by atoms with van der Waals surface area (Å²) in [7, 11) is 0. The third-order valence-corrected chi connectivity index (χ3v) is 2.16. The summed E-state index contributed by atoms with van der Waals surface area (Å²) < 4.78 is 0. The van der Waals surface area contributed by atoms with Crippen LogP contribution >= 0.6 is 0 Å². The summed E-state index contributed by atoms with van der Waals surface area (Å²) >= 11 is 0. The van der Waals surface area contributed by atoms with Crippen LogP contribution in [-0.4, -0.2) is 4.98 Å². The molecule has 0 spiro atoms. The molecule has 0 atom stereocenters. The number of aromatic nitrogens is 1. The molecule has 0 aliphatic heterocycles. The SMILES string of the molecule is C=c1[nH]cc(CCC(C)C)c1=C. The van der Waals surface area contributed by atoms with Crippen molar-refractivity contribution in [3.8, 4) is 0 Å². The van der Waals surface area contributed by atoms with E-state index in [1.165, 1.54) is 12.0 Å². The lowest BCUT2D eigenvalue weighted by Gasteiger charge is -2.01. The van der Waals surface area contributed by atoms with E-state index in [4.69, 9.17) is 0 Å². The first-order valence-electron chi connectivity index (χ1n) is 4.45. The van der Waals surface area contributed by atoms with Gasteiger partial charge in [-0.05, 0) is 29.5 Å². The first kappa shape index (κ1) is 9.11. The van der Waals surface area contributed by atoms with Crippen LogP contribution in [0.2, 0.25) is 0 Å². The van der Waals surface area contributed by atoms with Crippen LogP contribution in [-0.2, 0) is 6.42 Å². The van der Waals surface area contributed by atoms with Gasteiger partial charge in [-0.3, -0.25) is 0 Å². The molecule has 0 amide bonds. The van der Waals surface area contributed by atoms with Gasteiger partial charge < -0.3 is 4.98 Å². The molecule has 12 heavy (non-hydrogen) atoms. The van der Waals surface area contributed by atoms with Crippen molar-refractivity contribution in [2.75, 3.05) is 0 Å². The maximum absolute atomic E-state index is 3.96. The second kappa shape index (κ2) is 3.61. The van der Waals surface area contributed by atoms with E-state index >= 15 is 0 Å². The molecular weight excluding hydrogens is 146 g/mol. The lowest BCUT2D eigenvalue weighted by molar-refractivity contribution is 0.586. The van der Waals surface area contributed by atoms with Crippen LogP contribution in [0.4, 0.5) is 0 Å². The van der Waals surface area contributed by atoms with Crippen molar-refractivity contribution in [3.63, 3.8) is 0 Å². The summed E-state index contributed by atoms with van der Waals surface area (Å²) in [5.74, 6) is 0.757. The van der Waals surface area contributed by atoms with Crippen molar-refractivity contribution in [1.82, 2.24) is 4.98 Å². The summed E-state index contributed by atoms with van der Waals surface area (Å²) in [6.07, 6.45) is 4.36. The number of H-pyrrole nitrogens is 1. The van der Waals surface area contributed by atoms with E-state index in [0.29, 0.717) is 0 Å². The van der Waals surface area contributed by atoms with E-state index in [1.54, 1.807) is 0 Å². The molecule has 1 heteroatoms. The predicted molar refractivity (Wildman–Crippen MR) is 54.2 cm³/mol. The topological polar surface area (TPSA) is 15.8 Å². The number of hydrogen-bond acceptors (Lipinski definition) is 0. The minimum absolute atomic E-state index is 0.757. The lowest BCUT2D eigenvalue weighted by Crippen LogP contribution is -2.21. The van der Waals surface area contributed by atoms with E-state index in [1.807, 2.05) is 6.20 Å². The van der Waals surface area contributed by atoms with E-state index in [-0.39, 0.29) is 0 Å². The zero-order valence-electron chi connectivity index (χ0n) is 7.98. The van der Waals surface area contributed by atoms with Crippen molar-refractivity contribution in [2.45, 2.75) is 26.7 Å². The normalized spacial score (nSPS) is 10.9. The standard InChI is InChI=1S/C11H17N/c1-8(2)5-6-11-7-12-10(4)9(11)3/h7-8,12H,3-6H2,1-2H3. The molecule has 0 unspecified atom stereocenters. The van der Waals surface area contributed by atoms with Gasteiger partial charge in [-0.25, -0.2) is 0 Å². The Kier molecular flexibility index (Phi) is 2.74. The van der Waals surface area contributed by atoms with Gasteiger partial charge in [0.1, 0.15) is 0 Å². The van der Waals surface area contributed by atoms with E-state index < -0.39 is 0 Å². The highest BCUT2D eigenvalue weighted by atomic mass is 14.6. The zero-order chi connectivity index (χ0) is 9.14. The fourth-order valence-electron chi connectivity index (χ4n) is 1.21. The quantitative estimate of drug-likeness (QED) is 0.693. The Labute approximate surface area is 73.8 Å². The summed E-state index contributed by atoms with van der Waals surface area (Å²) in [5, 5.41) is 2.03. The molecule has 0 bridgehead atoms. The number of aryl methyl sites for hydroxylation is 1. The molecule has 1 nitrogen and oxygen atoms in total. The number of hydrogen-bond donors (Lipinski definition) is 1. The van der Waals surface area contributed by atoms with E-state index in [9.17, 15) is 0 Å². The van der Waals surface area contributed by atoms with Gasteiger partial charge in [-0.15, -0.1) is 0 Å². The molecule has 0 aliphatic rings. The molecule has 0 saturated carbocycles. The highest BCUT2D eigenvalue weighted by molar-refractivity contribution is 5.20. The Morgan fingerprint density at radius 1 is 1.42 bits per heavy atom. The van der Waals surface area contributed by atoms with Gasteiger partial charge in [-0.2, -0.15) is 0 Å². The Balaban J connectivity index is 2.71. The van der Waals surface area contributed by atoms with Crippen LogP contribution in [0.25, 0.3) is 13.2 Å². The van der Waals surface area contributed by atoms with E-state index in [0.717, 1.165) is 22.9 Å². The molecule has 0 radical (unpaired) electrons. The molecule has 1 aromatic rings. The monoisotopic (exact) mass is 163 g/mol. The third-order valence-electron chi connectivity index (χ3n) is 2.16. The van der Waals surface area contributed by atoms with Crippen molar-refractivity contribution in [1.29, 1.82) is 0 Å². The summed E-state index contributed by atoms with van der Waals surface area (Å²) in [6.45, 7) is 12.3. The van der Waals surface area contributed by atoms with Crippen molar-refractivity contribution >= 4 is 13.2 Å². The van der Waals surface area contributed by atoms with Gasteiger partial charge in [0.05, 0.1) is 0 Å². The summed E-state index contributed by atoms with van der Waals surface area (Å²) in [4.78, 5) is 3.09. The van der Waals surface area contributed by atoms with Crippen LogP contribution in [0.3, 0.4) is 0 Å². The van der Waals surface area contributed by atoms with Gasteiger partial charge in [0.15, 0.2) is 0 Å². The minimum atomic E-state index is 0.757. The Hall–Kier alpha value is -0.980. The van der Waals surface area contributed by atoms with Crippen LogP contribution in [0.5, 0.6) is 0 Å². The van der Waals surface area contributed by atoms with Crippen LogP contribution in [0, 0.1) is 5.92 Å². The highest BCUT2D eigenvalue weighted by Gasteiger charge is 1.98. The maximum Gasteiger partial charge on any atom is 0.0377 e. The Bertz CT molecular complexity index is 332. The van der Waals surface area contributed by atoms with E-state index in [2.05, 4.69) is 32.0 Å². The molecule has 1 heterocycles. The number of aromatic amines is 1. The molecule has 66 valence electrons. The van der Waals surface area contributed by atoms with Crippen molar-refractivity contribution < 1.29 is 0 Å². The average Bonchev–Trinajstić information content (AvgIpc) is 2.30. The third kappa shape index (κ3) is 2.00. The van der Waals surface area contributed by atoms with Gasteiger partial charge in [0, 0.05) is 11.5 Å². The summed E-state index contributed by atoms with van der Waals surface area (Å²) in [5.41, 5.74) is 1.31. The molecule has 0 fully saturated rings. The predicted octanol–water partition coefficient (Wildman–Crippen LogP) is 1.42. The zero-order valence-corrected chi connectivity index (χ0v) is 7.98. The molecule has 0 aromatic carbocycles. The largest absolute Gasteiger partial charge is 0.361 e. The number of nitrogens with one attached hydrogen (secondary N) is 1. The molecular formula is C11H17N. The van der Waals surface area contributed by atoms with Crippen LogP contribution in [0.15, 0.2) is 6.20 Å². The first-order chi connectivity index (χ1) is 5.61. The maximum atomic E-state index is 3.96. The van der Waals surface area contributed by atoms with Crippen LogP contribution < -0.4 is 10.6 Å². The smallest absolute Gasteiger partial charge is 0.0377 e. The lowest BCUT2D eigenvalue weighted by atomic mass is 10.0. The first-order valence-corrected chi connectivity index (χ1v) is 4.45. The van der Waals surface area contributed by atoms with Crippen LogP contribution in [0.1, 0.15) is 25.8 Å². The fourth-order valence-corrected chi connectivity index (χ4v) is 1.21. The Morgan fingerprint density at radius 3 is 2.50 bits per heavy atom. The molecule has 1 aromatic heterocycles. The van der Waals surface area contributed by atoms with Gasteiger partial charge in [0.25, 0.3) is 0 Å². The number of rotatable bonds is 3. The van der Waals surface area contributed by atoms with Gasteiger partial charge in [-0.1, -0.05) is 27.0 Å². The molecule has 0 saturated heterocycles. The fraction of sp³-hybridized carbons (Fsp3) is 0.455. The Morgan fingerprint density at radius 2 is 2.08 bits per heavy atom.